The predicted molar refractivity (Wildman–Crippen MR) is 152 cm³/mol. The number of carbonyl (C=O) groups excluding carboxylic acids is 3. The van der Waals surface area contributed by atoms with E-state index in [0.717, 1.165) is 16.5 Å². The summed E-state index contributed by atoms with van der Waals surface area (Å²) >= 11 is 0. The number of hydrogen-bond donors (Lipinski definition) is 5. The van der Waals surface area contributed by atoms with Crippen molar-refractivity contribution in [3.8, 4) is 0 Å². The van der Waals surface area contributed by atoms with Gasteiger partial charge in [0.05, 0.1) is 29.4 Å². The number of nitrogens with two attached hydrogens (primary N) is 2. The van der Waals surface area contributed by atoms with Crippen molar-refractivity contribution in [2.24, 2.45) is 17.4 Å². The number of amides is 3. The fourth-order valence-electron chi connectivity index (χ4n) is 4.89. The van der Waals surface area contributed by atoms with E-state index < -0.39 is 12.1 Å². The summed E-state index contributed by atoms with van der Waals surface area (Å²) < 4.78 is 0. The minimum absolute atomic E-state index is 0.0594. The number of pyridine rings is 1. The Morgan fingerprint density at radius 2 is 1.74 bits per heavy atom. The van der Waals surface area contributed by atoms with Crippen LogP contribution in [-0.4, -0.2) is 72.4 Å². The van der Waals surface area contributed by atoms with Crippen LogP contribution in [-0.2, 0) is 20.8 Å². The number of nitrogens with zero attached hydrogens (tertiary/aromatic N) is 2. The van der Waals surface area contributed by atoms with Crippen molar-refractivity contribution in [3.63, 3.8) is 0 Å². The lowest BCUT2D eigenvalue weighted by atomic mass is 10.0. The normalized spacial score (nSPS) is 17.5. The molecule has 0 spiro atoms. The third-order valence-corrected chi connectivity index (χ3v) is 6.96. The molecule has 0 radical (unpaired) electrons. The molecule has 1 aromatic heterocycles. The Kier molecular flexibility index (Phi) is 9.96. The second-order valence-electron chi connectivity index (χ2n) is 9.79. The van der Waals surface area contributed by atoms with E-state index >= 15 is 0 Å². The van der Waals surface area contributed by atoms with Gasteiger partial charge in [0.2, 0.25) is 17.7 Å². The fourth-order valence-corrected chi connectivity index (χ4v) is 4.89. The van der Waals surface area contributed by atoms with E-state index in [2.05, 4.69) is 20.9 Å². The lowest BCUT2D eigenvalue weighted by molar-refractivity contribution is -0.135. The summed E-state index contributed by atoms with van der Waals surface area (Å²) in [4.78, 5) is 45.6. The molecule has 1 saturated heterocycles. The zero-order valence-electron chi connectivity index (χ0n) is 22.0. The number of benzene rings is 2. The maximum atomic E-state index is 13.4. The lowest BCUT2D eigenvalue weighted by Gasteiger charge is -2.24. The average Bonchev–Trinajstić information content (AvgIpc) is 3.46. The molecule has 3 aromatic rings. The quantitative estimate of drug-likeness (QED) is 0.234. The van der Waals surface area contributed by atoms with Crippen LogP contribution < -0.4 is 27.4 Å². The molecule has 10 heteroatoms. The van der Waals surface area contributed by atoms with Crippen LogP contribution in [0.4, 0.5) is 5.69 Å². The van der Waals surface area contributed by atoms with E-state index in [9.17, 15) is 14.4 Å². The number of para-hydroxylation sites is 1. The molecule has 0 bridgehead atoms. The van der Waals surface area contributed by atoms with E-state index in [-0.39, 0.29) is 23.6 Å². The summed E-state index contributed by atoms with van der Waals surface area (Å²) in [6.07, 6.45) is 2.98. The molecule has 10 nitrogen and oxygen atoms in total. The first-order valence-electron chi connectivity index (χ1n) is 13.4. The van der Waals surface area contributed by atoms with Crippen molar-refractivity contribution < 1.29 is 14.4 Å². The topological polar surface area (TPSA) is 155 Å². The van der Waals surface area contributed by atoms with Gasteiger partial charge < -0.3 is 32.3 Å². The molecule has 1 aliphatic heterocycles. The maximum Gasteiger partial charge on any atom is 0.247 e. The van der Waals surface area contributed by atoms with Crippen LogP contribution in [0.1, 0.15) is 18.4 Å². The van der Waals surface area contributed by atoms with Gasteiger partial charge in [0, 0.05) is 38.1 Å². The Morgan fingerprint density at radius 1 is 1.03 bits per heavy atom. The zero-order chi connectivity index (χ0) is 27.6. The molecule has 3 amide bonds. The Labute approximate surface area is 228 Å². The zero-order valence-corrected chi connectivity index (χ0v) is 22.0. The van der Waals surface area contributed by atoms with Gasteiger partial charge in [-0.1, -0.05) is 48.5 Å². The van der Waals surface area contributed by atoms with Gasteiger partial charge in [-0.15, -0.1) is 0 Å². The summed E-state index contributed by atoms with van der Waals surface area (Å²) in [6, 6.07) is 18.0. The summed E-state index contributed by atoms with van der Waals surface area (Å²) in [5.74, 6) is -1.03. The van der Waals surface area contributed by atoms with Crippen LogP contribution >= 0.6 is 0 Å². The van der Waals surface area contributed by atoms with Gasteiger partial charge >= 0.3 is 0 Å². The number of rotatable bonds is 12. The molecule has 206 valence electrons. The summed E-state index contributed by atoms with van der Waals surface area (Å²) in [5.41, 5.74) is 13.8. The van der Waals surface area contributed by atoms with Crippen molar-refractivity contribution in [1.82, 2.24) is 20.5 Å². The molecule has 1 aliphatic rings. The SMILES string of the molecule is NCCN(CCN)C(=O)C1CNC(C(=O)NC(CCc2ccccc2)C(=O)Nc2cnc3ccccc3c2)C1. The predicted octanol–water partition coefficient (Wildman–Crippen LogP) is 1.02. The largest absolute Gasteiger partial charge is 0.343 e. The van der Waals surface area contributed by atoms with E-state index in [1.165, 1.54) is 0 Å². The molecule has 3 unspecified atom stereocenters. The number of hydrogen-bond acceptors (Lipinski definition) is 7. The minimum atomic E-state index is -0.772. The van der Waals surface area contributed by atoms with E-state index in [0.29, 0.717) is 57.7 Å². The highest BCUT2D eigenvalue weighted by molar-refractivity contribution is 5.99. The van der Waals surface area contributed by atoms with Gasteiger partial charge in [-0.2, -0.15) is 0 Å². The second-order valence-corrected chi connectivity index (χ2v) is 9.79. The van der Waals surface area contributed by atoms with Crippen LogP contribution in [0.3, 0.4) is 0 Å². The maximum absolute atomic E-state index is 13.4. The van der Waals surface area contributed by atoms with Crippen LogP contribution in [0.25, 0.3) is 10.9 Å². The Morgan fingerprint density at radius 3 is 2.49 bits per heavy atom. The van der Waals surface area contributed by atoms with Crippen molar-refractivity contribution in [2.75, 3.05) is 38.0 Å². The summed E-state index contributed by atoms with van der Waals surface area (Å²) in [7, 11) is 0. The Hall–Kier alpha value is -3.86. The van der Waals surface area contributed by atoms with Gasteiger partial charge in [0.1, 0.15) is 6.04 Å². The molecule has 2 aromatic carbocycles. The van der Waals surface area contributed by atoms with E-state index in [4.69, 9.17) is 11.5 Å². The standard InChI is InChI=1S/C29H37N7O3/c30-12-14-36(15-13-31)29(39)22-17-26(32-18-22)28(38)35-25(11-10-20-6-2-1-3-7-20)27(37)34-23-16-21-8-4-5-9-24(21)33-19-23/h1-9,16,19,22,25-26,32H,10-15,17-18,30-31H2,(H,34,37)(H,35,38). The average molecular weight is 532 g/mol. The first-order valence-corrected chi connectivity index (χ1v) is 13.4. The smallest absolute Gasteiger partial charge is 0.247 e. The second kappa shape index (κ2) is 13.8. The van der Waals surface area contributed by atoms with Gasteiger partial charge in [-0.25, -0.2) is 0 Å². The first-order chi connectivity index (χ1) is 19.0. The third kappa shape index (κ3) is 7.60. The summed E-state index contributed by atoms with van der Waals surface area (Å²) in [6.45, 7) is 1.93. The number of anilines is 1. The van der Waals surface area contributed by atoms with Crippen LogP contribution in [0, 0.1) is 5.92 Å². The summed E-state index contributed by atoms with van der Waals surface area (Å²) in [5, 5.41) is 9.90. The molecule has 0 saturated carbocycles. The van der Waals surface area contributed by atoms with Gasteiger partial charge in [0.25, 0.3) is 0 Å². The highest BCUT2D eigenvalue weighted by atomic mass is 16.2. The number of fused-ring (bicyclic) bond motifs is 1. The fraction of sp³-hybridized carbons (Fsp3) is 0.379. The van der Waals surface area contributed by atoms with Gasteiger partial charge in [0.15, 0.2) is 0 Å². The van der Waals surface area contributed by atoms with Crippen LogP contribution in [0.5, 0.6) is 0 Å². The number of carbonyl (C=O) groups is 3. The minimum Gasteiger partial charge on any atom is -0.343 e. The number of aryl methyl sites for hydroxylation is 1. The first kappa shape index (κ1) is 28.2. The molecule has 39 heavy (non-hydrogen) atoms. The third-order valence-electron chi connectivity index (χ3n) is 6.96. The van der Waals surface area contributed by atoms with Crippen LogP contribution in [0.15, 0.2) is 66.9 Å². The molecule has 2 heterocycles. The molecule has 3 atom stereocenters. The van der Waals surface area contributed by atoms with Crippen molar-refractivity contribution in [1.29, 1.82) is 0 Å². The number of nitrogens with one attached hydrogen (secondary N) is 3. The molecule has 1 fully saturated rings. The lowest BCUT2D eigenvalue weighted by Crippen LogP contribution is -2.50. The van der Waals surface area contributed by atoms with Crippen molar-refractivity contribution in [2.45, 2.75) is 31.3 Å². The van der Waals surface area contributed by atoms with Gasteiger partial charge in [-0.3, -0.25) is 19.4 Å². The van der Waals surface area contributed by atoms with Crippen molar-refractivity contribution >= 4 is 34.3 Å². The van der Waals surface area contributed by atoms with Gasteiger partial charge in [-0.05, 0) is 37.0 Å². The molecular formula is C29H37N7O3. The van der Waals surface area contributed by atoms with E-state index in [1.54, 1.807) is 11.1 Å². The molecular weight excluding hydrogens is 494 g/mol. The molecule has 0 aliphatic carbocycles. The molecule has 4 rings (SSSR count). The highest BCUT2D eigenvalue weighted by Gasteiger charge is 2.36. The Balaban J connectivity index is 1.42. The number of aromatic nitrogens is 1. The van der Waals surface area contributed by atoms with Crippen molar-refractivity contribution in [3.05, 3.63) is 72.4 Å². The molecule has 7 N–H and O–H groups in total. The van der Waals surface area contributed by atoms with Crippen LogP contribution in [0.2, 0.25) is 0 Å². The monoisotopic (exact) mass is 531 g/mol. The Bertz CT molecular complexity index is 1260. The highest BCUT2D eigenvalue weighted by Crippen LogP contribution is 2.19. The van der Waals surface area contributed by atoms with E-state index in [1.807, 2.05) is 60.7 Å².